The van der Waals surface area contributed by atoms with Crippen LogP contribution in [0.5, 0.6) is 0 Å². The third-order valence-corrected chi connectivity index (χ3v) is 3.57. The maximum absolute atomic E-state index is 4.61. The molecule has 0 aromatic carbocycles. The van der Waals surface area contributed by atoms with Gasteiger partial charge in [-0.2, -0.15) is 0 Å². The smallest absolute Gasteiger partial charge is 0.203 e. The average molecular weight is 264 g/mol. The summed E-state index contributed by atoms with van der Waals surface area (Å²) in [6, 6.07) is 0.450. The number of rotatable bonds is 6. The van der Waals surface area contributed by atoms with Crippen molar-refractivity contribution in [2.24, 2.45) is 5.92 Å². The minimum absolute atomic E-state index is 0.450. The third-order valence-electron chi connectivity index (χ3n) is 3.57. The van der Waals surface area contributed by atoms with Gasteiger partial charge in [-0.25, -0.2) is 4.98 Å². The van der Waals surface area contributed by atoms with E-state index < -0.39 is 0 Å². The monoisotopic (exact) mass is 264 g/mol. The number of imidazole rings is 1. The lowest BCUT2D eigenvalue weighted by Crippen LogP contribution is -2.33. The van der Waals surface area contributed by atoms with E-state index in [2.05, 4.69) is 53.7 Å². The van der Waals surface area contributed by atoms with Crippen LogP contribution in [-0.4, -0.2) is 40.1 Å². The van der Waals surface area contributed by atoms with Crippen LogP contribution < -0.4 is 5.32 Å². The Morgan fingerprint density at radius 2 is 1.89 bits per heavy atom. The van der Waals surface area contributed by atoms with Gasteiger partial charge in [0.25, 0.3) is 0 Å². The Morgan fingerprint density at radius 1 is 1.21 bits per heavy atom. The maximum atomic E-state index is 4.61. The van der Waals surface area contributed by atoms with Gasteiger partial charge in [0, 0.05) is 25.3 Å². The van der Waals surface area contributed by atoms with E-state index in [1.165, 1.54) is 25.9 Å². The second-order valence-corrected chi connectivity index (χ2v) is 6.31. The number of aryl methyl sites for hydroxylation is 1. The summed E-state index contributed by atoms with van der Waals surface area (Å²) in [6.07, 6.45) is 4.85. The molecule has 19 heavy (non-hydrogen) atoms. The van der Waals surface area contributed by atoms with Gasteiger partial charge in [0.05, 0.1) is 5.69 Å². The molecule has 0 radical (unpaired) electrons. The zero-order chi connectivity index (χ0) is 13.8. The summed E-state index contributed by atoms with van der Waals surface area (Å²) in [6.45, 7) is 13.5. The van der Waals surface area contributed by atoms with Gasteiger partial charge in [0.15, 0.2) is 0 Å². The first-order valence-corrected chi connectivity index (χ1v) is 7.57. The van der Waals surface area contributed by atoms with Crippen LogP contribution in [0.1, 0.15) is 39.3 Å². The summed E-state index contributed by atoms with van der Waals surface area (Å²) in [5, 5.41) is 3.57. The standard InChI is InChI=1S/C15H28N4/c1-12(2)9-19-11-14(4)17-15(19)16-13(3)10-18-7-5-6-8-18/h11-13H,5-10H2,1-4H3,(H,16,17). The Morgan fingerprint density at radius 3 is 2.53 bits per heavy atom. The van der Waals surface area contributed by atoms with Gasteiger partial charge in [0.1, 0.15) is 0 Å². The number of hydrogen-bond donors (Lipinski definition) is 1. The van der Waals surface area contributed by atoms with Gasteiger partial charge in [0.2, 0.25) is 5.95 Å². The molecule has 0 amide bonds. The molecule has 4 heteroatoms. The molecule has 0 aliphatic carbocycles. The van der Waals surface area contributed by atoms with E-state index in [9.17, 15) is 0 Å². The molecule has 1 aliphatic heterocycles. The Labute approximate surface area is 117 Å². The van der Waals surface area contributed by atoms with Crippen molar-refractivity contribution in [3.05, 3.63) is 11.9 Å². The number of likely N-dealkylation sites (tertiary alicyclic amines) is 1. The molecule has 1 aliphatic rings. The molecule has 1 aromatic rings. The molecule has 1 aromatic heterocycles. The number of nitrogens with zero attached hydrogens (tertiary/aromatic N) is 3. The van der Waals surface area contributed by atoms with Gasteiger partial charge in [-0.1, -0.05) is 13.8 Å². The van der Waals surface area contributed by atoms with E-state index in [0.717, 1.165) is 24.7 Å². The number of anilines is 1. The molecule has 1 unspecified atom stereocenters. The largest absolute Gasteiger partial charge is 0.352 e. The first kappa shape index (κ1) is 14.4. The molecule has 0 bridgehead atoms. The van der Waals surface area contributed by atoms with Crippen LogP contribution in [0.15, 0.2) is 6.20 Å². The average Bonchev–Trinajstić information content (AvgIpc) is 2.89. The molecule has 2 heterocycles. The molecular weight excluding hydrogens is 236 g/mol. The SMILES string of the molecule is Cc1cn(CC(C)C)c(NC(C)CN2CCCC2)n1. The lowest BCUT2D eigenvalue weighted by atomic mass is 10.2. The fourth-order valence-corrected chi connectivity index (χ4v) is 2.81. The van der Waals surface area contributed by atoms with E-state index >= 15 is 0 Å². The number of hydrogen-bond acceptors (Lipinski definition) is 3. The fourth-order valence-electron chi connectivity index (χ4n) is 2.81. The van der Waals surface area contributed by atoms with Crippen molar-refractivity contribution < 1.29 is 0 Å². The lowest BCUT2D eigenvalue weighted by molar-refractivity contribution is 0.327. The summed E-state index contributed by atoms with van der Waals surface area (Å²) in [5.41, 5.74) is 1.09. The van der Waals surface area contributed by atoms with Crippen LogP contribution in [0.4, 0.5) is 5.95 Å². The van der Waals surface area contributed by atoms with E-state index in [1.54, 1.807) is 0 Å². The molecular formula is C15H28N4. The van der Waals surface area contributed by atoms with Crippen LogP contribution in [0.3, 0.4) is 0 Å². The van der Waals surface area contributed by atoms with Crippen LogP contribution in [0, 0.1) is 12.8 Å². The van der Waals surface area contributed by atoms with E-state index in [1.807, 2.05) is 0 Å². The molecule has 108 valence electrons. The zero-order valence-electron chi connectivity index (χ0n) is 12.8. The highest BCUT2D eigenvalue weighted by molar-refractivity contribution is 5.30. The van der Waals surface area contributed by atoms with Crippen LogP contribution >= 0.6 is 0 Å². The second kappa shape index (κ2) is 6.42. The molecule has 4 nitrogen and oxygen atoms in total. The second-order valence-electron chi connectivity index (χ2n) is 6.31. The highest BCUT2D eigenvalue weighted by Crippen LogP contribution is 2.14. The Balaban J connectivity index is 1.93. The van der Waals surface area contributed by atoms with Crippen LogP contribution in [0.2, 0.25) is 0 Å². The van der Waals surface area contributed by atoms with Crippen LogP contribution in [0.25, 0.3) is 0 Å². The van der Waals surface area contributed by atoms with Gasteiger partial charge >= 0.3 is 0 Å². The molecule has 1 N–H and O–H groups in total. The Bertz CT molecular complexity index is 391. The molecule has 0 spiro atoms. The van der Waals surface area contributed by atoms with E-state index in [0.29, 0.717) is 12.0 Å². The third kappa shape index (κ3) is 4.23. The van der Waals surface area contributed by atoms with Crippen molar-refractivity contribution in [3.63, 3.8) is 0 Å². The summed E-state index contributed by atoms with van der Waals surface area (Å²) < 4.78 is 2.25. The van der Waals surface area contributed by atoms with Crippen molar-refractivity contribution in [1.29, 1.82) is 0 Å². The summed E-state index contributed by atoms with van der Waals surface area (Å²) in [5.74, 6) is 1.67. The predicted molar refractivity (Wildman–Crippen MR) is 80.6 cm³/mol. The van der Waals surface area contributed by atoms with Crippen molar-refractivity contribution in [3.8, 4) is 0 Å². The number of nitrogens with one attached hydrogen (secondary N) is 1. The fraction of sp³-hybridized carbons (Fsp3) is 0.800. The summed E-state index contributed by atoms with van der Waals surface area (Å²) in [4.78, 5) is 7.15. The molecule has 1 atom stereocenters. The van der Waals surface area contributed by atoms with Gasteiger partial charge < -0.3 is 14.8 Å². The highest BCUT2D eigenvalue weighted by atomic mass is 15.2. The molecule has 0 saturated carbocycles. The number of aromatic nitrogens is 2. The van der Waals surface area contributed by atoms with Crippen molar-refractivity contribution in [1.82, 2.24) is 14.5 Å². The first-order valence-electron chi connectivity index (χ1n) is 7.57. The maximum Gasteiger partial charge on any atom is 0.203 e. The highest BCUT2D eigenvalue weighted by Gasteiger charge is 2.16. The van der Waals surface area contributed by atoms with Gasteiger partial charge in [-0.05, 0) is 45.7 Å². The van der Waals surface area contributed by atoms with E-state index in [4.69, 9.17) is 0 Å². The van der Waals surface area contributed by atoms with Gasteiger partial charge in [-0.15, -0.1) is 0 Å². The lowest BCUT2D eigenvalue weighted by Gasteiger charge is -2.22. The summed E-state index contributed by atoms with van der Waals surface area (Å²) >= 11 is 0. The summed E-state index contributed by atoms with van der Waals surface area (Å²) in [7, 11) is 0. The zero-order valence-corrected chi connectivity index (χ0v) is 12.8. The molecule has 1 fully saturated rings. The Kier molecular flexibility index (Phi) is 4.86. The molecule has 1 saturated heterocycles. The molecule has 2 rings (SSSR count). The van der Waals surface area contributed by atoms with Crippen molar-refractivity contribution >= 4 is 5.95 Å². The normalized spacial score (nSPS) is 18.2. The van der Waals surface area contributed by atoms with Gasteiger partial charge in [-0.3, -0.25) is 0 Å². The predicted octanol–water partition coefficient (Wildman–Crippen LogP) is 2.74. The minimum Gasteiger partial charge on any atom is -0.352 e. The minimum atomic E-state index is 0.450. The topological polar surface area (TPSA) is 33.1 Å². The van der Waals surface area contributed by atoms with E-state index in [-0.39, 0.29) is 0 Å². The van der Waals surface area contributed by atoms with Crippen molar-refractivity contribution in [2.45, 2.75) is 53.1 Å². The quantitative estimate of drug-likeness (QED) is 0.857. The van der Waals surface area contributed by atoms with Crippen molar-refractivity contribution in [2.75, 3.05) is 25.0 Å². The first-order chi connectivity index (χ1) is 9.04. The van der Waals surface area contributed by atoms with Crippen LogP contribution in [-0.2, 0) is 6.54 Å². The Hall–Kier alpha value is -1.03.